The Morgan fingerprint density at radius 2 is 1.79 bits per heavy atom. The number of methoxy groups -OCH3 is 1. The number of halogens is 3. The van der Waals surface area contributed by atoms with Crippen LogP contribution in [0.25, 0.3) is 10.1 Å². The molecule has 146 valence electrons. The molecule has 3 rings (SSSR count). The molecule has 0 bridgehead atoms. The lowest BCUT2D eigenvalue weighted by Crippen LogP contribution is -2.18. The van der Waals surface area contributed by atoms with Gasteiger partial charge >= 0.3 is 12.6 Å². The summed E-state index contributed by atoms with van der Waals surface area (Å²) in [5, 5.41) is 7.36. The molecule has 0 spiro atoms. The predicted octanol–water partition coefficient (Wildman–Crippen LogP) is 5.75. The number of anilines is 2. The lowest BCUT2D eigenvalue weighted by atomic mass is 10.2. The maximum absolute atomic E-state index is 12.2. The molecule has 2 aromatic carbocycles. The number of esters is 1. The third-order valence-electron chi connectivity index (χ3n) is 3.60. The Labute approximate surface area is 173 Å². The molecule has 0 aliphatic heterocycles. The van der Waals surface area contributed by atoms with E-state index in [9.17, 15) is 13.6 Å². The number of nitrogens with one attached hydrogen (secondary N) is 2. The van der Waals surface area contributed by atoms with E-state index in [4.69, 9.17) is 28.6 Å². The Morgan fingerprint density at radius 3 is 2.43 bits per heavy atom. The van der Waals surface area contributed by atoms with Crippen molar-refractivity contribution in [3.63, 3.8) is 0 Å². The molecule has 0 amide bonds. The third kappa shape index (κ3) is 4.67. The monoisotopic (exact) mass is 442 g/mol. The van der Waals surface area contributed by atoms with Crippen molar-refractivity contribution in [3.05, 3.63) is 52.4 Å². The van der Waals surface area contributed by atoms with Gasteiger partial charge < -0.3 is 20.1 Å². The van der Waals surface area contributed by atoms with Crippen LogP contribution in [-0.2, 0) is 4.74 Å². The summed E-state index contributed by atoms with van der Waals surface area (Å²) in [4.78, 5) is 12.1. The summed E-state index contributed by atoms with van der Waals surface area (Å²) in [5.74, 6) is -0.432. The fourth-order valence-electron chi connectivity index (χ4n) is 2.38. The third-order valence-corrected chi connectivity index (χ3v) is 5.44. The Kier molecular flexibility index (Phi) is 6.28. The first-order valence-corrected chi connectivity index (χ1v) is 9.41. The van der Waals surface area contributed by atoms with Crippen LogP contribution >= 0.6 is 35.2 Å². The lowest BCUT2D eigenvalue weighted by Gasteiger charge is -2.11. The summed E-state index contributed by atoms with van der Waals surface area (Å²) in [6.07, 6.45) is 0. The Hall–Kier alpha value is -2.49. The molecular weight excluding hydrogens is 430 g/mol. The zero-order valence-corrected chi connectivity index (χ0v) is 16.7. The van der Waals surface area contributed by atoms with E-state index in [1.54, 1.807) is 24.3 Å². The highest BCUT2D eigenvalue weighted by atomic mass is 35.5. The van der Waals surface area contributed by atoms with Gasteiger partial charge in [0.05, 0.1) is 12.1 Å². The van der Waals surface area contributed by atoms with Crippen molar-refractivity contribution in [1.82, 2.24) is 0 Å². The molecule has 1 heterocycles. The molecule has 0 saturated carbocycles. The van der Waals surface area contributed by atoms with Gasteiger partial charge in [0.25, 0.3) is 0 Å². The fraction of sp³-hybridized carbons (Fsp3) is 0.111. The molecule has 0 unspecified atom stereocenters. The van der Waals surface area contributed by atoms with Crippen LogP contribution in [0.3, 0.4) is 0 Å². The summed E-state index contributed by atoms with van der Waals surface area (Å²) in [6.45, 7) is -2.87. The maximum Gasteiger partial charge on any atom is 0.387 e. The van der Waals surface area contributed by atoms with Crippen LogP contribution < -0.4 is 15.4 Å². The van der Waals surface area contributed by atoms with Crippen LogP contribution in [0.2, 0.25) is 5.02 Å². The van der Waals surface area contributed by atoms with Crippen molar-refractivity contribution in [2.24, 2.45) is 0 Å². The molecule has 0 radical (unpaired) electrons. The van der Waals surface area contributed by atoms with Gasteiger partial charge in [0.2, 0.25) is 0 Å². The van der Waals surface area contributed by atoms with Crippen molar-refractivity contribution >= 4 is 67.7 Å². The molecule has 10 heteroatoms. The zero-order valence-electron chi connectivity index (χ0n) is 14.3. The van der Waals surface area contributed by atoms with Gasteiger partial charge in [0.1, 0.15) is 10.6 Å². The van der Waals surface area contributed by atoms with Crippen molar-refractivity contribution in [2.45, 2.75) is 6.61 Å². The van der Waals surface area contributed by atoms with Crippen LogP contribution in [0.15, 0.2) is 42.5 Å². The largest absolute Gasteiger partial charge is 0.465 e. The van der Waals surface area contributed by atoms with Crippen molar-refractivity contribution in [3.8, 4) is 5.75 Å². The molecule has 28 heavy (non-hydrogen) atoms. The molecular formula is C18H13ClF2N2O3S2. The summed E-state index contributed by atoms with van der Waals surface area (Å²) in [5.41, 5.74) is 1.30. The molecule has 0 aliphatic rings. The molecule has 0 aliphatic carbocycles. The molecule has 2 N–H and O–H groups in total. The average Bonchev–Trinajstić information content (AvgIpc) is 2.98. The van der Waals surface area contributed by atoms with Crippen LogP contribution in [0.1, 0.15) is 9.67 Å². The predicted molar refractivity (Wildman–Crippen MR) is 111 cm³/mol. The summed E-state index contributed by atoms with van der Waals surface area (Å²) in [7, 11) is 1.30. The van der Waals surface area contributed by atoms with Gasteiger partial charge in [-0.1, -0.05) is 11.6 Å². The molecule has 3 aromatic rings. The number of alkyl halides is 2. The number of carbonyl (C=O) groups excluding carboxylic acids is 1. The first-order valence-electron chi connectivity index (χ1n) is 7.80. The highest BCUT2D eigenvalue weighted by Crippen LogP contribution is 2.37. The lowest BCUT2D eigenvalue weighted by molar-refractivity contribution is -0.0498. The summed E-state index contributed by atoms with van der Waals surface area (Å²) < 4.78 is 34.2. The molecule has 0 fully saturated rings. The second-order valence-electron chi connectivity index (χ2n) is 5.43. The van der Waals surface area contributed by atoms with Gasteiger partial charge in [0.15, 0.2) is 5.11 Å². The van der Waals surface area contributed by atoms with Crippen LogP contribution in [0, 0.1) is 0 Å². The SMILES string of the molecule is COC(=O)c1sc2cc(NC(=S)Nc3ccc(OC(F)F)cc3)ccc2c1Cl. The molecule has 5 nitrogen and oxygen atoms in total. The maximum atomic E-state index is 12.2. The van der Waals surface area contributed by atoms with Gasteiger partial charge in [-0.05, 0) is 54.7 Å². The van der Waals surface area contributed by atoms with Gasteiger partial charge in [-0.2, -0.15) is 8.78 Å². The topological polar surface area (TPSA) is 59.6 Å². The van der Waals surface area contributed by atoms with Gasteiger partial charge in [0, 0.05) is 21.5 Å². The minimum Gasteiger partial charge on any atom is -0.465 e. The van der Waals surface area contributed by atoms with E-state index in [-0.39, 0.29) is 5.75 Å². The van der Waals surface area contributed by atoms with Crippen LogP contribution in [0.5, 0.6) is 5.75 Å². The number of thiophene rings is 1. The molecule has 0 saturated heterocycles. The van der Waals surface area contributed by atoms with Crippen molar-refractivity contribution in [2.75, 3.05) is 17.7 Å². The highest BCUT2D eigenvalue weighted by molar-refractivity contribution is 7.80. The highest BCUT2D eigenvalue weighted by Gasteiger charge is 2.17. The zero-order chi connectivity index (χ0) is 20.3. The number of thiocarbonyl (C=S) groups is 1. The minimum atomic E-state index is -2.87. The Bertz CT molecular complexity index is 1030. The van der Waals surface area contributed by atoms with E-state index >= 15 is 0 Å². The first kappa shape index (κ1) is 20.2. The standard InChI is InChI=1S/C18H13ClF2N2O3S2/c1-25-16(24)15-14(19)12-7-4-10(8-13(12)28-15)23-18(27)22-9-2-5-11(6-3-9)26-17(20)21/h2-8,17H,1H3,(H2,22,23,27). The minimum absolute atomic E-state index is 0.0564. The van der Waals surface area contributed by atoms with E-state index in [1.165, 1.54) is 30.6 Å². The van der Waals surface area contributed by atoms with Crippen molar-refractivity contribution < 1.29 is 23.0 Å². The number of hydrogen-bond donors (Lipinski definition) is 2. The average molecular weight is 443 g/mol. The van der Waals surface area contributed by atoms with Crippen LogP contribution in [-0.4, -0.2) is 24.8 Å². The van der Waals surface area contributed by atoms with E-state index in [0.29, 0.717) is 26.4 Å². The smallest absolute Gasteiger partial charge is 0.387 e. The number of fused-ring (bicyclic) bond motifs is 1. The van der Waals surface area contributed by atoms with E-state index in [0.717, 1.165) is 10.1 Å². The number of hydrogen-bond acceptors (Lipinski definition) is 5. The van der Waals surface area contributed by atoms with Gasteiger partial charge in [-0.15, -0.1) is 11.3 Å². The van der Waals surface area contributed by atoms with E-state index in [1.807, 2.05) is 6.07 Å². The van der Waals surface area contributed by atoms with E-state index in [2.05, 4.69) is 15.4 Å². The normalized spacial score (nSPS) is 10.8. The Morgan fingerprint density at radius 1 is 1.14 bits per heavy atom. The van der Waals surface area contributed by atoms with Crippen molar-refractivity contribution in [1.29, 1.82) is 0 Å². The van der Waals surface area contributed by atoms with Gasteiger partial charge in [-0.25, -0.2) is 4.79 Å². The number of benzene rings is 2. The first-order chi connectivity index (χ1) is 13.4. The van der Waals surface area contributed by atoms with Crippen LogP contribution in [0.4, 0.5) is 20.2 Å². The second kappa shape index (κ2) is 8.68. The second-order valence-corrected chi connectivity index (χ2v) is 7.27. The number of carbonyl (C=O) groups is 1. The van der Waals surface area contributed by atoms with E-state index < -0.39 is 12.6 Å². The molecule has 0 atom stereocenters. The molecule has 1 aromatic heterocycles. The summed E-state index contributed by atoms with van der Waals surface area (Å²) in [6, 6.07) is 11.3. The fourth-order valence-corrected chi connectivity index (χ4v) is 4.08. The number of rotatable bonds is 5. The number of ether oxygens (including phenoxy) is 2. The quantitative estimate of drug-likeness (QED) is 0.387. The summed E-state index contributed by atoms with van der Waals surface area (Å²) >= 11 is 12.7. The van der Waals surface area contributed by atoms with Gasteiger partial charge in [-0.3, -0.25) is 0 Å². The Balaban J connectivity index is 1.70.